The molecule has 0 spiro atoms. The van der Waals surface area contributed by atoms with Gasteiger partial charge in [-0.25, -0.2) is 0 Å². The minimum absolute atomic E-state index is 0.266. The van der Waals surface area contributed by atoms with E-state index in [0.29, 0.717) is 18.0 Å². The molecule has 1 fully saturated rings. The van der Waals surface area contributed by atoms with Crippen molar-refractivity contribution >= 4 is 11.6 Å². The highest BCUT2D eigenvalue weighted by Crippen LogP contribution is 2.23. The molecule has 2 aromatic carbocycles. The topological polar surface area (TPSA) is 52.6 Å². The van der Waals surface area contributed by atoms with Gasteiger partial charge < -0.3 is 15.3 Å². The van der Waals surface area contributed by atoms with Crippen molar-refractivity contribution in [3.05, 3.63) is 66.2 Å². The number of aliphatic hydroxyl groups is 1. The van der Waals surface area contributed by atoms with Crippen LogP contribution in [0.1, 0.15) is 24.5 Å². The van der Waals surface area contributed by atoms with Crippen LogP contribution in [0, 0.1) is 5.92 Å². The minimum Gasteiger partial charge on any atom is -0.378 e. The minimum atomic E-state index is -1.14. The van der Waals surface area contributed by atoms with Gasteiger partial charge in [-0.15, -0.1) is 0 Å². The van der Waals surface area contributed by atoms with Gasteiger partial charge in [0.25, 0.3) is 5.91 Å². The first-order valence-electron chi connectivity index (χ1n) is 8.56. The molecule has 24 heavy (non-hydrogen) atoms. The molecule has 3 rings (SSSR count). The van der Waals surface area contributed by atoms with Gasteiger partial charge in [0.05, 0.1) is 0 Å². The molecule has 4 nitrogen and oxygen atoms in total. The molecule has 1 saturated heterocycles. The van der Waals surface area contributed by atoms with E-state index in [2.05, 4.69) is 5.32 Å². The summed E-state index contributed by atoms with van der Waals surface area (Å²) in [6, 6.07) is 18.7. The predicted octanol–water partition coefficient (Wildman–Crippen LogP) is 2.75. The number of piperidine rings is 1. The Morgan fingerprint density at radius 1 is 1.12 bits per heavy atom. The molecule has 0 radical (unpaired) electrons. The number of amides is 1. The Morgan fingerprint density at radius 3 is 2.42 bits per heavy atom. The number of nitrogens with zero attached hydrogens (tertiary/aromatic N) is 1. The molecule has 0 aliphatic carbocycles. The third-order valence-corrected chi connectivity index (χ3v) is 4.52. The number of carbonyl (C=O) groups is 1. The first-order valence-corrected chi connectivity index (χ1v) is 8.56. The molecule has 1 amide bonds. The molecule has 0 aromatic heterocycles. The van der Waals surface area contributed by atoms with Crippen LogP contribution in [0.25, 0.3) is 0 Å². The zero-order valence-corrected chi connectivity index (χ0v) is 13.8. The van der Waals surface area contributed by atoms with Crippen molar-refractivity contribution in [3.8, 4) is 0 Å². The van der Waals surface area contributed by atoms with Crippen LogP contribution in [0.3, 0.4) is 0 Å². The molecular formula is C20H24N2O2. The summed E-state index contributed by atoms with van der Waals surface area (Å²) in [7, 11) is 0. The van der Waals surface area contributed by atoms with Gasteiger partial charge in [-0.1, -0.05) is 48.5 Å². The molecule has 2 N–H and O–H groups in total. The fraction of sp³-hybridized carbons (Fsp3) is 0.350. The predicted molar refractivity (Wildman–Crippen MR) is 95.8 cm³/mol. The number of para-hydroxylation sites is 1. The number of hydrogen-bond donors (Lipinski definition) is 2. The number of nitrogens with one attached hydrogen (secondary N) is 1. The highest BCUT2D eigenvalue weighted by atomic mass is 16.3. The first kappa shape index (κ1) is 16.7. The van der Waals surface area contributed by atoms with Gasteiger partial charge in [0.1, 0.15) is 0 Å². The third kappa shape index (κ3) is 4.02. The fourth-order valence-corrected chi connectivity index (χ4v) is 3.19. The first-order chi connectivity index (χ1) is 11.8. The second-order valence-electron chi connectivity index (χ2n) is 6.31. The summed E-state index contributed by atoms with van der Waals surface area (Å²) in [5.74, 6) is 0.142. The van der Waals surface area contributed by atoms with Crippen LogP contribution in [0.4, 0.5) is 5.69 Å². The Labute approximate surface area is 143 Å². The molecule has 1 aliphatic heterocycles. The smallest absolute Gasteiger partial charge is 0.260 e. The van der Waals surface area contributed by atoms with Gasteiger partial charge in [0, 0.05) is 12.2 Å². The van der Waals surface area contributed by atoms with Crippen LogP contribution < -0.4 is 10.2 Å². The molecule has 4 heteroatoms. The standard InChI is InChI=1S/C20H24N2O2/c23-19(17-9-3-1-4-10-17)20(24)22(18-11-5-2-6-12-18)15-16-8-7-13-21-14-16/h1-6,9-12,16,19,21,23H,7-8,13-15H2/t16?,19-/m1/s1. The van der Waals surface area contributed by atoms with Gasteiger partial charge in [-0.05, 0) is 49.5 Å². The van der Waals surface area contributed by atoms with Crippen LogP contribution in [-0.4, -0.2) is 30.6 Å². The van der Waals surface area contributed by atoms with Crippen molar-refractivity contribution in [1.82, 2.24) is 5.32 Å². The summed E-state index contributed by atoms with van der Waals surface area (Å²) >= 11 is 0. The zero-order valence-electron chi connectivity index (χ0n) is 13.8. The summed E-state index contributed by atoms with van der Waals surface area (Å²) < 4.78 is 0. The van der Waals surface area contributed by atoms with Crippen LogP contribution in [0.15, 0.2) is 60.7 Å². The number of rotatable bonds is 5. The normalized spacial score (nSPS) is 18.8. The van der Waals surface area contributed by atoms with Gasteiger partial charge >= 0.3 is 0 Å². The molecule has 2 atom stereocenters. The van der Waals surface area contributed by atoms with Crippen molar-refractivity contribution in [2.45, 2.75) is 18.9 Å². The van der Waals surface area contributed by atoms with Crippen LogP contribution in [0.2, 0.25) is 0 Å². The summed E-state index contributed by atoms with van der Waals surface area (Å²) in [6.07, 6.45) is 1.09. The molecule has 1 aliphatic rings. The maximum atomic E-state index is 13.0. The number of aliphatic hydroxyl groups excluding tert-OH is 1. The lowest BCUT2D eigenvalue weighted by molar-refractivity contribution is -0.127. The van der Waals surface area contributed by atoms with E-state index >= 15 is 0 Å². The Bertz CT molecular complexity index is 639. The van der Waals surface area contributed by atoms with Gasteiger partial charge in [-0.3, -0.25) is 4.79 Å². The summed E-state index contributed by atoms with van der Waals surface area (Å²) in [5.41, 5.74) is 1.47. The lowest BCUT2D eigenvalue weighted by Crippen LogP contribution is -2.43. The maximum absolute atomic E-state index is 13.0. The largest absolute Gasteiger partial charge is 0.378 e. The summed E-state index contributed by atoms with van der Waals surface area (Å²) in [6.45, 7) is 2.58. The van der Waals surface area contributed by atoms with E-state index in [1.165, 1.54) is 0 Å². The molecule has 126 valence electrons. The number of carbonyl (C=O) groups excluding carboxylic acids is 1. The molecule has 2 aromatic rings. The second-order valence-corrected chi connectivity index (χ2v) is 6.31. The van der Waals surface area contributed by atoms with Crippen molar-refractivity contribution in [2.24, 2.45) is 5.92 Å². The van der Waals surface area contributed by atoms with E-state index in [1.54, 1.807) is 17.0 Å². The SMILES string of the molecule is O=C([C@H](O)c1ccccc1)N(CC1CCCNC1)c1ccccc1. The lowest BCUT2D eigenvalue weighted by atomic mass is 9.98. The summed E-state index contributed by atoms with van der Waals surface area (Å²) in [5, 5.41) is 13.9. The number of anilines is 1. The highest BCUT2D eigenvalue weighted by Gasteiger charge is 2.27. The van der Waals surface area contributed by atoms with Gasteiger partial charge in [0.2, 0.25) is 0 Å². The van der Waals surface area contributed by atoms with Crippen molar-refractivity contribution in [3.63, 3.8) is 0 Å². The van der Waals surface area contributed by atoms with E-state index in [0.717, 1.165) is 31.6 Å². The van der Waals surface area contributed by atoms with Crippen molar-refractivity contribution < 1.29 is 9.90 Å². The quantitative estimate of drug-likeness (QED) is 0.889. The Kier molecular flexibility index (Phi) is 5.62. The number of hydrogen-bond acceptors (Lipinski definition) is 3. The molecule has 0 saturated carbocycles. The van der Waals surface area contributed by atoms with Crippen LogP contribution in [0.5, 0.6) is 0 Å². The molecule has 0 bridgehead atoms. The van der Waals surface area contributed by atoms with Crippen molar-refractivity contribution in [1.29, 1.82) is 0 Å². The Hall–Kier alpha value is -2.17. The third-order valence-electron chi connectivity index (χ3n) is 4.52. The van der Waals surface area contributed by atoms with Crippen LogP contribution >= 0.6 is 0 Å². The molecule has 1 unspecified atom stereocenters. The van der Waals surface area contributed by atoms with E-state index in [4.69, 9.17) is 0 Å². The molecule has 1 heterocycles. The average Bonchev–Trinajstić information content (AvgIpc) is 2.67. The Morgan fingerprint density at radius 2 is 1.79 bits per heavy atom. The zero-order chi connectivity index (χ0) is 16.8. The number of benzene rings is 2. The summed E-state index contributed by atoms with van der Waals surface area (Å²) in [4.78, 5) is 14.7. The van der Waals surface area contributed by atoms with E-state index in [1.807, 2.05) is 48.5 Å². The van der Waals surface area contributed by atoms with Gasteiger partial charge in [0.15, 0.2) is 6.10 Å². The fourth-order valence-electron chi connectivity index (χ4n) is 3.19. The monoisotopic (exact) mass is 324 g/mol. The van der Waals surface area contributed by atoms with Gasteiger partial charge in [-0.2, -0.15) is 0 Å². The maximum Gasteiger partial charge on any atom is 0.260 e. The second kappa shape index (κ2) is 8.08. The highest BCUT2D eigenvalue weighted by molar-refractivity contribution is 5.97. The van der Waals surface area contributed by atoms with Crippen LogP contribution in [-0.2, 0) is 4.79 Å². The van der Waals surface area contributed by atoms with E-state index in [-0.39, 0.29) is 5.91 Å². The average molecular weight is 324 g/mol. The Balaban J connectivity index is 1.82. The van der Waals surface area contributed by atoms with E-state index in [9.17, 15) is 9.90 Å². The lowest BCUT2D eigenvalue weighted by Gasteiger charge is -2.31. The van der Waals surface area contributed by atoms with E-state index < -0.39 is 6.10 Å². The van der Waals surface area contributed by atoms with Crippen molar-refractivity contribution in [2.75, 3.05) is 24.5 Å². The molecular weight excluding hydrogens is 300 g/mol.